The molecule has 0 aliphatic heterocycles. The zero-order valence-corrected chi connectivity index (χ0v) is 14.7. The Labute approximate surface area is 146 Å². The molecule has 3 rings (SSSR count). The van der Waals surface area contributed by atoms with Gasteiger partial charge in [0.25, 0.3) is 0 Å². The molecular formula is C21H21NO3. The Balaban J connectivity index is 2.34. The van der Waals surface area contributed by atoms with Crippen molar-refractivity contribution in [1.82, 2.24) is 0 Å². The van der Waals surface area contributed by atoms with Crippen LogP contribution in [0.1, 0.15) is 29.8 Å². The SMILES string of the molecule is CCN(CC)c1ccc2c(-c3cccc(C)c3)c(C=O)c(=O)oc2c1. The van der Waals surface area contributed by atoms with Gasteiger partial charge in [0.05, 0.1) is 0 Å². The summed E-state index contributed by atoms with van der Waals surface area (Å²) in [4.78, 5) is 26.1. The fraction of sp³-hybridized carbons (Fsp3) is 0.238. The summed E-state index contributed by atoms with van der Waals surface area (Å²) in [6.07, 6.45) is 0.585. The van der Waals surface area contributed by atoms with Gasteiger partial charge in [0, 0.05) is 35.8 Å². The van der Waals surface area contributed by atoms with Crippen molar-refractivity contribution >= 4 is 22.9 Å². The smallest absolute Gasteiger partial charge is 0.347 e. The molecule has 0 spiro atoms. The maximum atomic E-state index is 12.4. The topological polar surface area (TPSA) is 50.5 Å². The van der Waals surface area contributed by atoms with Gasteiger partial charge >= 0.3 is 5.63 Å². The normalized spacial score (nSPS) is 10.8. The highest BCUT2D eigenvalue weighted by Gasteiger charge is 2.17. The number of aryl methyl sites for hydroxylation is 1. The van der Waals surface area contributed by atoms with E-state index in [0.29, 0.717) is 17.4 Å². The molecule has 0 saturated carbocycles. The molecule has 0 aliphatic rings. The van der Waals surface area contributed by atoms with Crippen molar-refractivity contribution in [1.29, 1.82) is 0 Å². The summed E-state index contributed by atoms with van der Waals surface area (Å²) >= 11 is 0. The quantitative estimate of drug-likeness (QED) is 0.511. The molecule has 0 radical (unpaired) electrons. The van der Waals surface area contributed by atoms with Gasteiger partial charge in [-0.1, -0.05) is 29.8 Å². The first-order valence-corrected chi connectivity index (χ1v) is 8.47. The van der Waals surface area contributed by atoms with E-state index in [-0.39, 0.29) is 5.56 Å². The first kappa shape index (κ1) is 17.0. The summed E-state index contributed by atoms with van der Waals surface area (Å²) in [6.45, 7) is 7.87. The second-order valence-electron chi connectivity index (χ2n) is 6.02. The Morgan fingerprint density at radius 1 is 1.08 bits per heavy atom. The lowest BCUT2D eigenvalue weighted by Gasteiger charge is -2.21. The number of aldehydes is 1. The number of hydrogen-bond acceptors (Lipinski definition) is 4. The molecule has 0 saturated heterocycles. The number of fused-ring (bicyclic) bond motifs is 1. The number of hydrogen-bond donors (Lipinski definition) is 0. The van der Waals surface area contributed by atoms with Crippen LogP contribution in [0.15, 0.2) is 51.7 Å². The van der Waals surface area contributed by atoms with Crippen molar-refractivity contribution in [2.24, 2.45) is 0 Å². The van der Waals surface area contributed by atoms with Gasteiger partial charge in [-0.25, -0.2) is 4.79 Å². The van der Waals surface area contributed by atoms with Crippen LogP contribution in [0.4, 0.5) is 5.69 Å². The number of rotatable bonds is 5. The molecule has 0 bridgehead atoms. The van der Waals surface area contributed by atoms with Crippen molar-refractivity contribution in [2.45, 2.75) is 20.8 Å². The molecule has 0 fully saturated rings. The van der Waals surface area contributed by atoms with Crippen molar-refractivity contribution in [3.05, 3.63) is 64.0 Å². The molecule has 25 heavy (non-hydrogen) atoms. The molecule has 128 valence electrons. The Kier molecular flexibility index (Phi) is 4.70. The molecule has 0 aliphatic carbocycles. The molecule has 0 unspecified atom stereocenters. The fourth-order valence-electron chi connectivity index (χ4n) is 3.21. The standard InChI is InChI=1S/C21H21NO3/c1-4-22(5-2)16-9-10-17-19(12-16)25-21(24)18(13-23)20(17)15-8-6-7-14(3)11-15/h6-13H,4-5H2,1-3H3. The summed E-state index contributed by atoms with van der Waals surface area (Å²) in [7, 11) is 0. The Morgan fingerprint density at radius 3 is 2.48 bits per heavy atom. The van der Waals surface area contributed by atoms with Gasteiger partial charge < -0.3 is 9.32 Å². The largest absolute Gasteiger partial charge is 0.422 e. The highest BCUT2D eigenvalue weighted by molar-refractivity contribution is 6.02. The van der Waals surface area contributed by atoms with Crippen molar-refractivity contribution in [3.8, 4) is 11.1 Å². The number of anilines is 1. The van der Waals surface area contributed by atoms with Crippen molar-refractivity contribution < 1.29 is 9.21 Å². The summed E-state index contributed by atoms with van der Waals surface area (Å²) in [5.74, 6) is 0. The molecule has 4 heteroatoms. The van der Waals surface area contributed by atoms with Gasteiger partial charge in [0.2, 0.25) is 0 Å². The highest BCUT2D eigenvalue weighted by atomic mass is 16.4. The average Bonchev–Trinajstić information content (AvgIpc) is 2.61. The molecule has 2 aromatic carbocycles. The Morgan fingerprint density at radius 2 is 1.84 bits per heavy atom. The van der Waals surface area contributed by atoms with Crippen LogP contribution in [0.2, 0.25) is 0 Å². The van der Waals surface area contributed by atoms with E-state index in [0.717, 1.165) is 35.3 Å². The molecule has 1 heterocycles. The molecule has 3 aromatic rings. The minimum Gasteiger partial charge on any atom is -0.422 e. The second-order valence-corrected chi connectivity index (χ2v) is 6.02. The molecular weight excluding hydrogens is 314 g/mol. The van der Waals surface area contributed by atoms with Gasteiger partial charge in [-0.05, 0) is 38.5 Å². The van der Waals surface area contributed by atoms with Crippen molar-refractivity contribution in [3.63, 3.8) is 0 Å². The fourth-order valence-corrected chi connectivity index (χ4v) is 3.21. The van der Waals surface area contributed by atoms with E-state index in [1.807, 2.05) is 49.4 Å². The van der Waals surface area contributed by atoms with E-state index in [2.05, 4.69) is 18.7 Å². The van der Waals surface area contributed by atoms with Crippen LogP contribution in [-0.2, 0) is 0 Å². The molecule has 4 nitrogen and oxygen atoms in total. The average molecular weight is 335 g/mol. The van der Waals surface area contributed by atoms with Gasteiger partial charge in [0.1, 0.15) is 11.1 Å². The summed E-state index contributed by atoms with van der Waals surface area (Å²) in [6, 6.07) is 13.6. The number of carbonyl (C=O) groups excluding carboxylic acids is 1. The number of carbonyl (C=O) groups is 1. The van der Waals surface area contributed by atoms with E-state index >= 15 is 0 Å². The first-order valence-electron chi connectivity index (χ1n) is 8.47. The van der Waals surface area contributed by atoms with Gasteiger partial charge in [-0.15, -0.1) is 0 Å². The Hall–Kier alpha value is -2.88. The number of nitrogens with zero attached hydrogens (tertiary/aromatic N) is 1. The van der Waals surface area contributed by atoms with Gasteiger partial charge in [-0.3, -0.25) is 4.79 Å². The lowest BCUT2D eigenvalue weighted by Crippen LogP contribution is -2.21. The summed E-state index contributed by atoms with van der Waals surface area (Å²) in [5, 5.41) is 0.767. The van der Waals surface area contributed by atoms with Crippen LogP contribution >= 0.6 is 0 Å². The Bertz CT molecular complexity index is 984. The maximum Gasteiger partial charge on any atom is 0.347 e. The minimum atomic E-state index is -0.601. The van der Waals surface area contributed by atoms with E-state index in [1.54, 1.807) is 0 Å². The van der Waals surface area contributed by atoms with Gasteiger partial charge in [0.15, 0.2) is 6.29 Å². The van der Waals surface area contributed by atoms with Crippen LogP contribution in [0.25, 0.3) is 22.1 Å². The monoisotopic (exact) mass is 335 g/mol. The van der Waals surface area contributed by atoms with E-state index in [4.69, 9.17) is 4.42 Å². The highest BCUT2D eigenvalue weighted by Crippen LogP contribution is 2.32. The van der Waals surface area contributed by atoms with Gasteiger partial charge in [-0.2, -0.15) is 0 Å². The zero-order chi connectivity index (χ0) is 18.0. The zero-order valence-electron chi connectivity index (χ0n) is 14.7. The minimum absolute atomic E-state index is 0.0636. The van der Waals surface area contributed by atoms with E-state index < -0.39 is 5.63 Å². The predicted molar refractivity (Wildman–Crippen MR) is 102 cm³/mol. The first-order chi connectivity index (χ1) is 12.1. The van der Waals surface area contributed by atoms with E-state index in [9.17, 15) is 9.59 Å². The van der Waals surface area contributed by atoms with Crippen LogP contribution in [0.5, 0.6) is 0 Å². The third kappa shape index (κ3) is 3.07. The third-order valence-corrected chi connectivity index (χ3v) is 4.48. The molecule has 0 N–H and O–H groups in total. The summed E-state index contributed by atoms with van der Waals surface area (Å²) < 4.78 is 5.44. The second kappa shape index (κ2) is 6.93. The van der Waals surface area contributed by atoms with Crippen molar-refractivity contribution in [2.75, 3.05) is 18.0 Å². The van der Waals surface area contributed by atoms with Crippen LogP contribution < -0.4 is 10.5 Å². The maximum absolute atomic E-state index is 12.4. The predicted octanol–water partition coefficient (Wildman–Crippen LogP) is 4.43. The third-order valence-electron chi connectivity index (χ3n) is 4.48. The number of benzene rings is 2. The van der Waals surface area contributed by atoms with E-state index in [1.165, 1.54) is 0 Å². The lowest BCUT2D eigenvalue weighted by molar-refractivity contribution is 0.112. The van der Waals surface area contributed by atoms with Crippen LogP contribution in [-0.4, -0.2) is 19.4 Å². The molecule has 0 atom stereocenters. The molecule has 0 amide bonds. The van der Waals surface area contributed by atoms with Crippen LogP contribution in [0.3, 0.4) is 0 Å². The van der Waals surface area contributed by atoms with Crippen LogP contribution in [0, 0.1) is 6.92 Å². The summed E-state index contributed by atoms with van der Waals surface area (Å²) in [5.41, 5.74) is 3.50. The molecule has 1 aromatic heterocycles. The lowest BCUT2D eigenvalue weighted by atomic mass is 9.96.